The van der Waals surface area contributed by atoms with E-state index < -0.39 is 5.97 Å². The first kappa shape index (κ1) is 17.3. The van der Waals surface area contributed by atoms with Gasteiger partial charge in [-0.3, -0.25) is 4.79 Å². The van der Waals surface area contributed by atoms with Crippen LogP contribution in [-0.4, -0.2) is 36.0 Å². The van der Waals surface area contributed by atoms with Gasteiger partial charge in [0.15, 0.2) is 6.61 Å². The van der Waals surface area contributed by atoms with E-state index in [1.54, 1.807) is 24.3 Å². The summed E-state index contributed by atoms with van der Waals surface area (Å²) in [6.45, 7) is 7.32. The number of likely N-dealkylation sites (tertiary alicyclic amines) is 1. The Labute approximate surface area is 148 Å². The highest BCUT2D eigenvalue weighted by molar-refractivity contribution is 6.33. The summed E-state index contributed by atoms with van der Waals surface area (Å²) in [6, 6.07) is 6.95. The molecule has 1 heterocycles. The van der Waals surface area contributed by atoms with Crippen molar-refractivity contribution in [2.45, 2.75) is 46.1 Å². The number of carbonyl (C=O) groups excluding carboxylic acids is 2. The Balaban J connectivity index is 1.62. The number of esters is 1. The molecule has 1 saturated carbocycles. The molecule has 0 radical (unpaired) electrons. The molecule has 0 N–H and O–H groups in total. The Morgan fingerprint density at radius 2 is 1.96 bits per heavy atom. The van der Waals surface area contributed by atoms with E-state index in [9.17, 15) is 9.59 Å². The molecular weight excluding hydrogens is 326 g/mol. The molecule has 4 nitrogen and oxygen atoms in total. The number of carbonyl (C=O) groups is 2. The summed E-state index contributed by atoms with van der Waals surface area (Å²) in [5.41, 5.74) is 0.718. The molecule has 1 aromatic carbocycles. The van der Waals surface area contributed by atoms with Gasteiger partial charge in [0, 0.05) is 12.6 Å². The molecule has 2 aliphatic rings. The van der Waals surface area contributed by atoms with E-state index in [2.05, 4.69) is 20.8 Å². The van der Waals surface area contributed by atoms with Crippen molar-refractivity contribution in [2.24, 2.45) is 10.8 Å². The summed E-state index contributed by atoms with van der Waals surface area (Å²) in [5, 5.41) is 0.334. The Kier molecular flexibility index (Phi) is 4.37. The van der Waals surface area contributed by atoms with Gasteiger partial charge in [-0.1, -0.05) is 44.5 Å². The molecule has 1 aliphatic heterocycles. The van der Waals surface area contributed by atoms with Crippen LogP contribution in [0.25, 0.3) is 0 Å². The zero-order valence-electron chi connectivity index (χ0n) is 14.5. The lowest BCUT2D eigenvalue weighted by Crippen LogP contribution is -2.39. The van der Waals surface area contributed by atoms with E-state index in [-0.39, 0.29) is 29.4 Å². The predicted octanol–water partition coefficient (Wildman–Crippen LogP) is 3.92. The SMILES string of the molecule is CC1(C)C[C@H]2C[C@@](C)(CN2C(=O)COC(=O)c2ccccc2Cl)C1. The average Bonchev–Trinajstić information content (AvgIpc) is 2.74. The highest BCUT2D eigenvalue weighted by Gasteiger charge is 2.50. The third-order valence-electron chi connectivity index (χ3n) is 5.16. The molecule has 0 aromatic heterocycles. The molecular formula is C19H24ClNO3. The normalized spacial score (nSPS) is 27.8. The molecule has 1 aliphatic carbocycles. The Hall–Kier alpha value is -1.55. The van der Waals surface area contributed by atoms with Gasteiger partial charge >= 0.3 is 5.97 Å². The molecule has 1 aromatic rings. The number of benzene rings is 1. The van der Waals surface area contributed by atoms with Crippen molar-refractivity contribution in [3.05, 3.63) is 34.9 Å². The minimum Gasteiger partial charge on any atom is -0.452 e. The molecule has 5 heteroatoms. The molecule has 0 spiro atoms. The fourth-order valence-corrected chi connectivity index (χ4v) is 4.88. The van der Waals surface area contributed by atoms with E-state index in [0.29, 0.717) is 10.6 Å². The average molecular weight is 350 g/mol. The molecule has 2 atom stereocenters. The van der Waals surface area contributed by atoms with Gasteiger partial charge in [-0.2, -0.15) is 0 Å². The first-order valence-corrected chi connectivity index (χ1v) is 8.78. The van der Waals surface area contributed by atoms with E-state index in [1.807, 2.05) is 4.90 Å². The number of hydrogen-bond acceptors (Lipinski definition) is 3. The van der Waals surface area contributed by atoms with Crippen molar-refractivity contribution in [1.82, 2.24) is 4.90 Å². The second-order valence-corrected chi connectivity index (χ2v) is 8.70. The van der Waals surface area contributed by atoms with Crippen molar-refractivity contribution in [3.63, 3.8) is 0 Å². The lowest BCUT2D eigenvalue weighted by molar-refractivity contribution is -0.135. The summed E-state index contributed by atoms with van der Waals surface area (Å²) < 4.78 is 5.20. The first-order chi connectivity index (χ1) is 11.2. The van der Waals surface area contributed by atoms with Crippen LogP contribution in [-0.2, 0) is 9.53 Å². The molecule has 1 amide bonds. The lowest BCUT2D eigenvalue weighted by atomic mass is 9.65. The van der Waals surface area contributed by atoms with Gasteiger partial charge in [-0.05, 0) is 42.2 Å². The zero-order valence-corrected chi connectivity index (χ0v) is 15.2. The van der Waals surface area contributed by atoms with E-state index in [0.717, 1.165) is 25.8 Å². The van der Waals surface area contributed by atoms with Crippen LogP contribution in [0.2, 0.25) is 5.02 Å². The second kappa shape index (κ2) is 6.07. The number of amides is 1. The summed E-state index contributed by atoms with van der Waals surface area (Å²) in [6.07, 6.45) is 3.17. The van der Waals surface area contributed by atoms with Gasteiger partial charge in [0.25, 0.3) is 5.91 Å². The zero-order chi connectivity index (χ0) is 17.5. The molecule has 0 unspecified atom stereocenters. The van der Waals surface area contributed by atoms with Gasteiger partial charge in [-0.25, -0.2) is 4.79 Å². The number of hydrogen-bond donors (Lipinski definition) is 0. The number of rotatable bonds is 3. The van der Waals surface area contributed by atoms with Crippen LogP contribution >= 0.6 is 11.6 Å². The predicted molar refractivity (Wildman–Crippen MR) is 93.0 cm³/mol. The standard InChI is InChI=1S/C19H24ClNO3/c1-18(2)8-13-9-19(3,11-18)12-21(13)16(22)10-24-17(23)14-6-4-5-7-15(14)20/h4-7,13H,8-12H2,1-3H3/t13-,19+/m0/s1. The van der Waals surface area contributed by atoms with Gasteiger partial charge in [-0.15, -0.1) is 0 Å². The highest BCUT2D eigenvalue weighted by Crippen LogP contribution is 2.52. The lowest BCUT2D eigenvalue weighted by Gasteiger charge is -2.39. The van der Waals surface area contributed by atoms with Crippen LogP contribution in [0.3, 0.4) is 0 Å². The molecule has 2 bridgehead atoms. The molecule has 24 heavy (non-hydrogen) atoms. The minimum atomic E-state index is -0.553. The van der Waals surface area contributed by atoms with E-state index in [4.69, 9.17) is 16.3 Å². The number of nitrogens with zero attached hydrogens (tertiary/aromatic N) is 1. The van der Waals surface area contributed by atoms with Crippen LogP contribution in [0.1, 0.15) is 50.4 Å². The maximum Gasteiger partial charge on any atom is 0.340 e. The third kappa shape index (κ3) is 3.44. The fourth-order valence-electron chi connectivity index (χ4n) is 4.67. The second-order valence-electron chi connectivity index (χ2n) is 8.29. The maximum atomic E-state index is 12.6. The third-order valence-corrected chi connectivity index (χ3v) is 5.49. The van der Waals surface area contributed by atoms with Crippen molar-refractivity contribution in [2.75, 3.05) is 13.2 Å². The summed E-state index contributed by atoms with van der Waals surface area (Å²) in [7, 11) is 0. The maximum absolute atomic E-state index is 12.6. The van der Waals surface area contributed by atoms with Crippen molar-refractivity contribution < 1.29 is 14.3 Å². The number of ether oxygens (including phenoxy) is 1. The van der Waals surface area contributed by atoms with E-state index >= 15 is 0 Å². The molecule has 1 saturated heterocycles. The summed E-state index contributed by atoms with van der Waals surface area (Å²) in [5.74, 6) is -0.663. The van der Waals surface area contributed by atoms with Gasteiger partial charge in [0.05, 0.1) is 10.6 Å². The van der Waals surface area contributed by atoms with Crippen molar-refractivity contribution in [3.8, 4) is 0 Å². The topological polar surface area (TPSA) is 46.6 Å². The van der Waals surface area contributed by atoms with Crippen LogP contribution < -0.4 is 0 Å². The van der Waals surface area contributed by atoms with Gasteiger partial charge in [0.2, 0.25) is 0 Å². The number of fused-ring (bicyclic) bond motifs is 2. The Bertz CT molecular complexity index is 672. The monoisotopic (exact) mass is 349 g/mol. The minimum absolute atomic E-state index is 0.109. The first-order valence-electron chi connectivity index (χ1n) is 8.40. The van der Waals surface area contributed by atoms with Crippen LogP contribution in [0.15, 0.2) is 24.3 Å². The van der Waals surface area contributed by atoms with Gasteiger partial charge in [0.1, 0.15) is 0 Å². The molecule has 130 valence electrons. The Morgan fingerprint density at radius 1 is 1.25 bits per heavy atom. The smallest absolute Gasteiger partial charge is 0.340 e. The van der Waals surface area contributed by atoms with Crippen molar-refractivity contribution in [1.29, 1.82) is 0 Å². The van der Waals surface area contributed by atoms with Gasteiger partial charge < -0.3 is 9.64 Å². The molecule has 2 fully saturated rings. The number of halogens is 1. The van der Waals surface area contributed by atoms with E-state index in [1.165, 1.54) is 0 Å². The largest absolute Gasteiger partial charge is 0.452 e. The molecule has 3 rings (SSSR count). The van der Waals surface area contributed by atoms with Crippen LogP contribution in [0, 0.1) is 10.8 Å². The van der Waals surface area contributed by atoms with Crippen molar-refractivity contribution >= 4 is 23.5 Å². The van der Waals surface area contributed by atoms with Crippen LogP contribution in [0.5, 0.6) is 0 Å². The highest BCUT2D eigenvalue weighted by atomic mass is 35.5. The quantitative estimate of drug-likeness (QED) is 0.777. The summed E-state index contributed by atoms with van der Waals surface area (Å²) >= 11 is 5.99. The van der Waals surface area contributed by atoms with Crippen LogP contribution in [0.4, 0.5) is 0 Å². The summed E-state index contributed by atoms with van der Waals surface area (Å²) in [4.78, 5) is 26.6. The Morgan fingerprint density at radius 3 is 2.67 bits per heavy atom. The fraction of sp³-hybridized carbons (Fsp3) is 0.579.